The van der Waals surface area contributed by atoms with E-state index in [0.717, 1.165) is 5.69 Å². The minimum absolute atomic E-state index is 0.104. The van der Waals surface area contributed by atoms with Gasteiger partial charge < -0.3 is 10.6 Å². The Balaban J connectivity index is 2.23. The van der Waals surface area contributed by atoms with Gasteiger partial charge in [0, 0.05) is 11.2 Å². The normalized spacial score (nSPS) is 10.9. The molecule has 104 valence electrons. The Bertz CT molecular complexity index is 424. The van der Waals surface area contributed by atoms with Crippen LogP contribution in [0, 0.1) is 0 Å². The van der Waals surface area contributed by atoms with Crippen molar-refractivity contribution in [3.05, 3.63) is 30.3 Å². The van der Waals surface area contributed by atoms with E-state index >= 15 is 0 Å². The average molecular weight is 263 g/mol. The van der Waals surface area contributed by atoms with Gasteiger partial charge in [0.15, 0.2) is 0 Å². The zero-order valence-electron chi connectivity index (χ0n) is 11.6. The van der Waals surface area contributed by atoms with Crippen molar-refractivity contribution < 1.29 is 9.59 Å². The standard InChI is InChI=1S/C14H21N3O2/c1-14(2,3)17-13(19)10-15-9-12(18)16-11-7-5-4-6-8-11/h4-8,15H,9-10H2,1-3H3,(H,16,18)(H,17,19). The Morgan fingerprint density at radius 1 is 1.00 bits per heavy atom. The van der Waals surface area contributed by atoms with Crippen molar-refractivity contribution in [3.8, 4) is 0 Å². The largest absolute Gasteiger partial charge is 0.350 e. The lowest BCUT2D eigenvalue weighted by Crippen LogP contribution is -2.45. The van der Waals surface area contributed by atoms with E-state index in [4.69, 9.17) is 0 Å². The van der Waals surface area contributed by atoms with Gasteiger partial charge in [-0.05, 0) is 32.9 Å². The molecule has 19 heavy (non-hydrogen) atoms. The number of rotatable bonds is 5. The highest BCUT2D eigenvalue weighted by Crippen LogP contribution is 2.03. The number of amides is 2. The van der Waals surface area contributed by atoms with Crippen LogP contribution in [0.25, 0.3) is 0 Å². The number of hydrogen-bond acceptors (Lipinski definition) is 3. The molecule has 0 spiro atoms. The molecule has 0 aliphatic carbocycles. The number of anilines is 1. The minimum Gasteiger partial charge on any atom is -0.350 e. The Labute approximate surface area is 113 Å². The Morgan fingerprint density at radius 3 is 2.16 bits per heavy atom. The Kier molecular flexibility index (Phi) is 5.51. The highest BCUT2D eigenvalue weighted by Gasteiger charge is 2.13. The summed E-state index contributed by atoms with van der Waals surface area (Å²) >= 11 is 0. The zero-order chi connectivity index (χ0) is 14.3. The second-order valence-corrected chi connectivity index (χ2v) is 5.32. The molecule has 0 bridgehead atoms. The first-order valence-electron chi connectivity index (χ1n) is 6.23. The minimum atomic E-state index is -0.259. The van der Waals surface area contributed by atoms with Crippen LogP contribution in [0.15, 0.2) is 30.3 Å². The molecule has 1 aromatic rings. The number of para-hydroxylation sites is 1. The van der Waals surface area contributed by atoms with Gasteiger partial charge in [0.1, 0.15) is 0 Å². The Morgan fingerprint density at radius 2 is 1.58 bits per heavy atom. The quantitative estimate of drug-likeness (QED) is 0.746. The van der Waals surface area contributed by atoms with Crippen LogP contribution in [0.2, 0.25) is 0 Å². The highest BCUT2D eigenvalue weighted by atomic mass is 16.2. The third kappa shape index (κ3) is 7.21. The summed E-state index contributed by atoms with van der Waals surface area (Å²) < 4.78 is 0. The molecule has 1 aromatic carbocycles. The molecular weight excluding hydrogens is 242 g/mol. The molecule has 0 aliphatic rings. The first-order chi connectivity index (χ1) is 8.87. The number of hydrogen-bond donors (Lipinski definition) is 3. The molecule has 0 aliphatic heterocycles. The first kappa shape index (κ1) is 15.2. The average Bonchev–Trinajstić information content (AvgIpc) is 2.27. The van der Waals surface area contributed by atoms with Gasteiger partial charge in [-0.3, -0.25) is 14.9 Å². The summed E-state index contributed by atoms with van der Waals surface area (Å²) in [5, 5.41) is 8.34. The van der Waals surface area contributed by atoms with Crippen LogP contribution in [0.3, 0.4) is 0 Å². The molecule has 0 atom stereocenters. The van der Waals surface area contributed by atoms with Crippen molar-refractivity contribution in [2.45, 2.75) is 26.3 Å². The van der Waals surface area contributed by atoms with Crippen molar-refractivity contribution in [3.63, 3.8) is 0 Å². The summed E-state index contributed by atoms with van der Waals surface area (Å²) in [6.07, 6.45) is 0. The van der Waals surface area contributed by atoms with Crippen LogP contribution >= 0.6 is 0 Å². The van der Waals surface area contributed by atoms with Crippen LogP contribution in [-0.4, -0.2) is 30.4 Å². The van der Waals surface area contributed by atoms with Crippen molar-refractivity contribution in [2.75, 3.05) is 18.4 Å². The monoisotopic (exact) mass is 263 g/mol. The van der Waals surface area contributed by atoms with Crippen LogP contribution in [0.4, 0.5) is 5.69 Å². The molecule has 0 unspecified atom stereocenters. The fraction of sp³-hybridized carbons (Fsp3) is 0.429. The molecule has 0 saturated carbocycles. The smallest absolute Gasteiger partial charge is 0.238 e. The number of benzene rings is 1. The fourth-order valence-electron chi connectivity index (χ4n) is 1.48. The summed E-state index contributed by atoms with van der Waals surface area (Å²) in [6.45, 7) is 5.96. The maximum absolute atomic E-state index is 11.6. The van der Waals surface area contributed by atoms with Gasteiger partial charge in [0.05, 0.1) is 13.1 Å². The summed E-state index contributed by atoms with van der Waals surface area (Å²) in [4.78, 5) is 23.1. The SMILES string of the molecule is CC(C)(C)NC(=O)CNCC(=O)Nc1ccccc1. The maximum atomic E-state index is 11.6. The van der Waals surface area contributed by atoms with Gasteiger partial charge in [0.25, 0.3) is 0 Å². The first-order valence-corrected chi connectivity index (χ1v) is 6.23. The molecule has 1 rings (SSSR count). The summed E-state index contributed by atoms with van der Waals surface area (Å²) in [5.41, 5.74) is 0.485. The molecule has 0 radical (unpaired) electrons. The third-order valence-corrected chi connectivity index (χ3v) is 2.14. The number of carbonyl (C=O) groups excluding carboxylic acids is 2. The van der Waals surface area contributed by atoms with E-state index in [9.17, 15) is 9.59 Å². The van der Waals surface area contributed by atoms with E-state index in [1.54, 1.807) is 0 Å². The predicted molar refractivity (Wildman–Crippen MR) is 75.8 cm³/mol. The van der Waals surface area contributed by atoms with Crippen LogP contribution in [-0.2, 0) is 9.59 Å². The molecule has 5 heteroatoms. The van der Waals surface area contributed by atoms with Gasteiger partial charge in [-0.1, -0.05) is 18.2 Å². The van der Waals surface area contributed by atoms with E-state index in [-0.39, 0.29) is 30.4 Å². The number of carbonyl (C=O) groups is 2. The molecular formula is C14H21N3O2. The fourth-order valence-corrected chi connectivity index (χ4v) is 1.48. The molecule has 5 nitrogen and oxygen atoms in total. The second-order valence-electron chi connectivity index (χ2n) is 5.32. The third-order valence-electron chi connectivity index (χ3n) is 2.14. The van der Waals surface area contributed by atoms with Crippen molar-refractivity contribution in [1.82, 2.24) is 10.6 Å². The van der Waals surface area contributed by atoms with Crippen LogP contribution in [0.5, 0.6) is 0 Å². The molecule has 0 aromatic heterocycles. The van der Waals surface area contributed by atoms with Gasteiger partial charge in [0.2, 0.25) is 11.8 Å². The maximum Gasteiger partial charge on any atom is 0.238 e. The van der Waals surface area contributed by atoms with Crippen LogP contribution in [0.1, 0.15) is 20.8 Å². The summed E-state index contributed by atoms with van der Waals surface area (Å²) in [7, 11) is 0. The van der Waals surface area contributed by atoms with E-state index in [1.165, 1.54) is 0 Å². The molecule has 0 saturated heterocycles. The van der Waals surface area contributed by atoms with Crippen LogP contribution < -0.4 is 16.0 Å². The van der Waals surface area contributed by atoms with Gasteiger partial charge >= 0.3 is 0 Å². The molecule has 2 amide bonds. The van der Waals surface area contributed by atoms with Gasteiger partial charge in [-0.15, -0.1) is 0 Å². The lowest BCUT2D eigenvalue weighted by atomic mass is 10.1. The topological polar surface area (TPSA) is 70.2 Å². The highest BCUT2D eigenvalue weighted by molar-refractivity contribution is 5.92. The number of nitrogens with one attached hydrogen (secondary N) is 3. The zero-order valence-corrected chi connectivity index (χ0v) is 11.6. The van der Waals surface area contributed by atoms with Crippen molar-refractivity contribution in [2.24, 2.45) is 0 Å². The second kappa shape index (κ2) is 6.89. The molecule has 3 N–H and O–H groups in total. The van der Waals surface area contributed by atoms with E-state index < -0.39 is 0 Å². The lowest BCUT2D eigenvalue weighted by Gasteiger charge is -2.20. The summed E-state index contributed by atoms with van der Waals surface area (Å²) in [5.74, 6) is -0.297. The van der Waals surface area contributed by atoms with Crippen molar-refractivity contribution >= 4 is 17.5 Å². The Hall–Kier alpha value is -1.88. The van der Waals surface area contributed by atoms with Crippen molar-refractivity contribution in [1.29, 1.82) is 0 Å². The summed E-state index contributed by atoms with van der Waals surface area (Å²) in [6, 6.07) is 9.19. The molecule has 0 fully saturated rings. The lowest BCUT2D eigenvalue weighted by molar-refractivity contribution is -0.121. The van der Waals surface area contributed by atoms with E-state index in [2.05, 4.69) is 16.0 Å². The predicted octanol–water partition coefficient (Wildman–Crippen LogP) is 1.13. The van der Waals surface area contributed by atoms with E-state index in [1.807, 2.05) is 51.1 Å². The van der Waals surface area contributed by atoms with Gasteiger partial charge in [-0.25, -0.2) is 0 Å². The van der Waals surface area contributed by atoms with Gasteiger partial charge in [-0.2, -0.15) is 0 Å². The molecule has 0 heterocycles. The van der Waals surface area contributed by atoms with E-state index in [0.29, 0.717) is 0 Å².